The zero-order chi connectivity index (χ0) is 33.2. The number of fused-ring (bicyclic) bond motifs is 2. The number of aromatic hydroxyl groups is 2. The van der Waals surface area contributed by atoms with Crippen LogP contribution in [0.15, 0.2) is 70.4 Å². The fourth-order valence-corrected chi connectivity index (χ4v) is 7.12. The Labute approximate surface area is 263 Å². The summed E-state index contributed by atoms with van der Waals surface area (Å²) in [5.41, 5.74) is -0.210. The second-order valence-electron chi connectivity index (χ2n) is 14.0. The van der Waals surface area contributed by atoms with Crippen LogP contribution in [0, 0.1) is 22.2 Å². The van der Waals surface area contributed by atoms with Gasteiger partial charge in [0, 0.05) is 5.56 Å². The Balaban J connectivity index is 2.51. The minimum absolute atomic E-state index is 0.0199. The maximum absolute atomic E-state index is 15.2. The zero-order valence-corrected chi connectivity index (χ0v) is 27.9. The summed E-state index contributed by atoms with van der Waals surface area (Å²) >= 11 is 0. The first-order valence-electron chi connectivity index (χ1n) is 15.6. The molecule has 0 spiro atoms. The third-order valence-electron chi connectivity index (χ3n) is 9.76. The molecule has 3 N–H and O–H groups in total. The molecule has 0 radical (unpaired) electrons. The number of hydrogen-bond donors (Lipinski definition) is 3. The lowest BCUT2D eigenvalue weighted by molar-refractivity contribution is -0.178. The Morgan fingerprint density at radius 2 is 1.36 bits per heavy atom. The van der Waals surface area contributed by atoms with Gasteiger partial charge in [0.15, 0.2) is 28.8 Å². The Hall–Kier alpha value is -3.67. The molecule has 6 heteroatoms. The van der Waals surface area contributed by atoms with E-state index in [4.69, 9.17) is 0 Å². The number of ketones is 3. The number of Topliss-reactive ketones (excluding diaryl/α,β-unsaturated/α-hetero) is 3. The molecular weight excluding hydrogens is 552 g/mol. The van der Waals surface area contributed by atoms with Crippen molar-refractivity contribution in [3.05, 3.63) is 75.9 Å². The quantitative estimate of drug-likeness (QED) is 0.0616. The van der Waals surface area contributed by atoms with E-state index in [1.807, 2.05) is 74.5 Å². The number of aliphatic hydroxyl groups excluding tert-OH is 1. The molecule has 6 nitrogen and oxygen atoms in total. The summed E-state index contributed by atoms with van der Waals surface area (Å²) in [6.07, 6.45) is 10.4. The Kier molecular flexibility index (Phi) is 10.4. The highest BCUT2D eigenvalue weighted by atomic mass is 16.3. The van der Waals surface area contributed by atoms with Crippen LogP contribution in [0.25, 0.3) is 5.76 Å². The van der Waals surface area contributed by atoms with Crippen molar-refractivity contribution in [2.75, 3.05) is 0 Å². The van der Waals surface area contributed by atoms with Crippen LogP contribution in [-0.2, 0) is 14.4 Å². The highest BCUT2D eigenvalue weighted by Gasteiger charge is 2.74. The molecule has 0 amide bonds. The van der Waals surface area contributed by atoms with Crippen molar-refractivity contribution in [3.63, 3.8) is 0 Å². The second kappa shape index (κ2) is 13.1. The number of carbonyl (C=O) groups excluding carboxylic acids is 3. The lowest BCUT2D eigenvalue weighted by Crippen LogP contribution is -2.70. The molecule has 2 saturated carbocycles. The molecule has 1 aromatic rings. The lowest BCUT2D eigenvalue weighted by Gasteiger charge is -2.61. The van der Waals surface area contributed by atoms with Crippen molar-refractivity contribution in [1.82, 2.24) is 0 Å². The minimum atomic E-state index is -1.61. The molecule has 2 aliphatic carbocycles. The molecule has 3 rings (SSSR count). The standard InChI is InChI=1S/C38H50O6/c1-23(2)11-10-18-36(9)28(14-12-24(3)4)22-37(19-16-25(5)6)33(42)31(32(41)27-13-15-29(39)30(40)21-27)34(43)38(36,35(37)44)20-17-26(7)8/h11-13,15-17,21,28,39-41H,10,14,18-20,22H2,1-9H3/b32-31-/t28-,36+,37-,38+/m1/s1. The van der Waals surface area contributed by atoms with E-state index in [0.717, 1.165) is 28.4 Å². The molecule has 0 unspecified atom stereocenters. The van der Waals surface area contributed by atoms with E-state index in [2.05, 4.69) is 12.2 Å². The van der Waals surface area contributed by atoms with Gasteiger partial charge in [-0.3, -0.25) is 14.4 Å². The van der Waals surface area contributed by atoms with Crippen molar-refractivity contribution < 1.29 is 29.7 Å². The Morgan fingerprint density at radius 3 is 1.91 bits per heavy atom. The van der Waals surface area contributed by atoms with Gasteiger partial charge in [0.2, 0.25) is 0 Å². The van der Waals surface area contributed by atoms with Crippen LogP contribution in [0.3, 0.4) is 0 Å². The van der Waals surface area contributed by atoms with Gasteiger partial charge in [-0.25, -0.2) is 0 Å². The number of aliphatic hydroxyl groups is 1. The summed E-state index contributed by atoms with van der Waals surface area (Å²) in [4.78, 5) is 45.0. The summed E-state index contributed by atoms with van der Waals surface area (Å²) in [5, 5.41) is 31.8. The van der Waals surface area contributed by atoms with Crippen molar-refractivity contribution in [2.24, 2.45) is 22.2 Å². The normalized spacial score (nSPS) is 27.4. The number of rotatable bonds is 10. The maximum Gasteiger partial charge on any atom is 0.184 e. The van der Waals surface area contributed by atoms with E-state index < -0.39 is 50.6 Å². The Morgan fingerprint density at radius 1 is 0.795 bits per heavy atom. The van der Waals surface area contributed by atoms with Crippen LogP contribution in [0.4, 0.5) is 0 Å². The first-order chi connectivity index (χ1) is 20.4. The van der Waals surface area contributed by atoms with Crippen LogP contribution in [0.1, 0.15) is 106 Å². The van der Waals surface area contributed by atoms with Gasteiger partial charge in [0.25, 0.3) is 0 Å². The van der Waals surface area contributed by atoms with Gasteiger partial charge in [0.05, 0.1) is 5.41 Å². The van der Waals surface area contributed by atoms with Crippen LogP contribution < -0.4 is 0 Å². The van der Waals surface area contributed by atoms with Crippen LogP contribution in [0.2, 0.25) is 0 Å². The molecular formula is C38H50O6. The first kappa shape index (κ1) is 34.8. The third-order valence-corrected chi connectivity index (χ3v) is 9.76. The molecule has 2 aliphatic rings. The fourth-order valence-electron chi connectivity index (χ4n) is 7.12. The number of carbonyl (C=O) groups is 3. The Bertz CT molecular complexity index is 1480. The highest BCUT2D eigenvalue weighted by Crippen LogP contribution is 2.67. The number of benzene rings is 1. The topological polar surface area (TPSA) is 112 Å². The summed E-state index contributed by atoms with van der Waals surface area (Å²) < 4.78 is 0. The SMILES string of the molecule is CC(C)=CCC[C@@]1(C)[C@H](CC=C(C)C)C[C@]2(CC=C(C)C)C(=O)/C(=C(/O)c3ccc(O)c(O)c3)C(=O)[C@@]1(CC=C(C)C)C2=O. The molecule has 0 saturated heterocycles. The molecule has 1 aromatic carbocycles. The van der Waals surface area contributed by atoms with Gasteiger partial charge in [0.1, 0.15) is 16.7 Å². The van der Waals surface area contributed by atoms with Gasteiger partial charge in [-0.1, -0.05) is 53.5 Å². The van der Waals surface area contributed by atoms with E-state index in [1.165, 1.54) is 12.1 Å². The van der Waals surface area contributed by atoms with E-state index in [1.54, 1.807) is 0 Å². The molecule has 4 atom stereocenters. The predicted octanol–water partition coefficient (Wildman–Crippen LogP) is 8.90. The van der Waals surface area contributed by atoms with E-state index in [-0.39, 0.29) is 36.5 Å². The fraction of sp³-hybridized carbons (Fsp3) is 0.500. The minimum Gasteiger partial charge on any atom is -0.506 e. The molecule has 2 fully saturated rings. The van der Waals surface area contributed by atoms with Gasteiger partial charge >= 0.3 is 0 Å². The third kappa shape index (κ3) is 6.13. The van der Waals surface area contributed by atoms with E-state index in [9.17, 15) is 20.1 Å². The van der Waals surface area contributed by atoms with E-state index in [0.29, 0.717) is 19.3 Å². The van der Waals surface area contributed by atoms with E-state index >= 15 is 9.59 Å². The van der Waals surface area contributed by atoms with Gasteiger partial charge in [-0.15, -0.1) is 0 Å². The van der Waals surface area contributed by atoms with Crippen molar-refractivity contribution in [2.45, 2.75) is 101 Å². The average Bonchev–Trinajstić information content (AvgIpc) is 2.92. The van der Waals surface area contributed by atoms with Crippen molar-refractivity contribution in [3.8, 4) is 11.5 Å². The number of phenols is 2. The number of hydrogen-bond acceptors (Lipinski definition) is 6. The monoisotopic (exact) mass is 602 g/mol. The van der Waals surface area contributed by atoms with Gasteiger partial charge in [-0.05, 0) is 123 Å². The maximum atomic E-state index is 15.2. The molecule has 44 heavy (non-hydrogen) atoms. The molecule has 0 heterocycles. The molecule has 238 valence electrons. The first-order valence-corrected chi connectivity index (χ1v) is 15.6. The predicted molar refractivity (Wildman–Crippen MR) is 176 cm³/mol. The summed E-state index contributed by atoms with van der Waals surface area (Å²) in [7, 11) is 0. The molecule has 2 bridgehead atoms. The zero-order valence-electron chi connectivity index (χ0n) is 27.9. The van der Waals surface area contributed by atoms with Crippen LogP contribution in [0.5, 0.6) is 11.5 Å². The molecule has 0 aromatic heterocycles. The van der Waals surface area contributed by atoms with Crippen LogP contribution in [-0.4, -0.2) is 32.7 Å². The van der Waals surface area contributed by atoms with Crippen molar-refractivity contribution in [1.29, 1.82) is 0 Å². The second-order valence-corrected chi connectivity index (χ2v) is 14.0. The van der Waals surface area contributed by atoms with Crippen molar-refractivity contribution >= 4 is 23.1 Å². The lowest BCUT2D eigenvalue weighted by atomic mass is 9.37. The van der Waals surface area contributed by atoms with Gasteiger partial charge < -0.3 is 15.3 Å². The van der Waals surface area contributed by atoms with Crippen LogP contribution >= 0.6 is 0 Å². The average molecular weight is 603 g/mol. The van der Waals surface area contributed by atoms with Gasteiger partial charge in [-0.2, -0.15) is 0 Å². The summed E-state index contributed by atoms with van der Waals surface area (Å²) in [6.45, 7) is 17.8. The number of allylic oxidation sites excluding steroid dienone is 9. The molecule has 0 aliphatic heterocycles. The summed E-state index contributed by atoms with van der Waals surface area (Å²) in [5.74, 6) is -3.32. The number of phenolic OH excluding ortho intramolecular Hbond substituents is 2. The summed E-state index contributed by atoms with van der Waals surface area (Å²) in [6, 6.07) is 3.67. The highest BCUT2D eigenvalue weighted by molar-refractivity contribution is 6.41. The largest absolute Gasteiger partial charge is 0.506 e. The smallest absolute Gasteiger partial charge is 0.184 e.